The van der Waals surface area contributed by atoms with Crippen molar-refractivity contribution in [1.29, 1.82) is 0 Å². The highest BCUT2D eigenvalue weighted by atomic mass is 32.2. The van der Waals surface area contributed by atoms with Gasteiger partial charge in [-0.3, -0.25) is 0 Å². The lowest BCUT2D eigenvalue weighted by Gasteiger charge is -2.14. The third-order valence-electron chi connectivity index (χ3n) is 3.27. The number of aliphatic hydroxyl groups is 1. The number of nitrogens with zero attached hydrogens (tertiary/aromatic N) is 3. The Balaban J connectivity index is 1.98. The number of hydrogen-bond acceptors (Lipinski definition) is 5. The van der Waals surface area contributed by atoms with Crippen molar-refractivity contribution in [3.63, 3.8) is 0 Å². The van der Waals surface area contributed by atoms with Gasteiger partial charge in [-0.05, 0) is 25.2 Å². The van der Waals surface area contributed by atoms with Gasteiger partial charge in [0.05, 0.1) is 18.1 Å². The summed E-state index contributed by atoms with van der Waals surface area (Å²) in [6, 6.07) is 2.02. The topological polar surface area (TPSA) is 60.2 Å². The van der Waals surface area contributed by atoms with E-state index in [0.29, 0.717) is 0 Å². The Morgan fingerprint density at radius 1 is 1.50 bits per heavy atom. The number of ether oxygens (including phenoxy) is 1. The largest absolute Gasteiger partial charge is 0.394 e. The Bertz CT molecular complexity index is 557. The van der Waals surface area contributed by atoms with Gasteiger partial charge < -0.3 is 14.4 Å². The quantitative estimate of drug-likeness (QED) is 0.677. The molecule has 1 saturated heterocycles. The highest BCUT2D eigenvalue weighted by Gasteiger charge is 2.27. The lowest BCUT2D eigenvalue weighted by Crippen LogP contribution is -2.14. The van der Waals surface area contributed by atoms with E-state index in [9.17, 15) is 0 Å². The van der Waals surface area contributed by atoms with E-state index in [1.165, 1.54) is 0 Å². The van der Waals surface area contributed by atoms with E-state index in [1.54, 1.807) is 18.1 Å². The fourth-order valence-electron chi connectivity index (χ4n) is 2.37. The smallest absolute Gasteiger partial charge is 0.146 e. The van der Waals surface area contributed by atoms with Gasteiger partial charge in [-0.2, -0.15) is 0 Å². The minimum Gasteiger partial charge on any atom is -0.394 e. The Morgan fingerprint density at radius 3 is 3.11 bits per heavy atom. The maximum Gasteiger partial charge on any atom is 0.146 e. The molecular formula is C12H15N3O2S. The summed E-state index contributed by atoms with van der Waals surface area (Å²) in [5.41, 5.74) is 0.901. The average Bonchev–Trinajstić information content (AvgIpc) is 3.03. The molecule has 1 aliphatic rings. The highest BCUT2D eigenvalue weighted by Crippen LogP contribution is 2.32. The molecular weight excluding hydrogens is 250 g/mol. The number of aromatic nitrogens is 3. The van der Waals surface area contributed by atoms with Crippen molar-refractivity contribution >= 4 is 22.8 Å². The molecule has 1 fully saturated rings. The predicted molar refractivity (Wildman–Crippen MR) is 69.5 cm³/mol. The molecule has 18 heavy (non-hydrogen) atoms. The van der Waals surface area contributed by atoms with Crippen molar-refractivity contribution < 1.29 is 9.84 Å². The molecule has 3 rings (SSSR count). The van der Waals surface area contributed by atoms with Crippen molar-refractivity contribution in [2.24, 2.45) is 0 Å². The van der Waals surface area contributed by atoms with Crippen LogP contribution in [0.1, 0.15) is 19.1 Å². The molecule has 2 aromatic rings. The Labute approximate surface area is 109 Å². The van der Waals surface area contributed by atoms with E-state index in [0.717, 1.165) is 28.9 Å². The summed E-state index contributed by atoms with van der Waals surface area (Å²) in [5.74, 6) is 0. The first-order valence-corrected chi connectivity index (χ1v) is 7.18. The fourth-order valence-corrected chi connectivity index (χ4v) is 2.90. The molecule has 0 aromatic carbocycles. The first-order valence-electron chi connectivity index (χ1n) is 5.95. The van der Waals surface area contributed by atoms with Gasteiger partial charge in [-0.1, -0.05) is 0 Å². The summed E-state index contributed by atoms with van der Waals surface area (Å²) < 4.78 is 7.82. The molecule has 0 radical (unpaired) electrons. The highest BCUT2D eigenvalue weighted by molar-refractivity contribution is 7.98. The molecule has 0 spiro atoms. The third-order valence-corrected chi connectivity index (χ3v) is 3.98. The maximum absolute atomic E-state index is 9.11. The average molecular weight is 265 g/mol. The zero-order valence-electron chi connectivity index (χ0n) is 10.1. The molecule has 0 amide bonds. The summed E-state index contributed by atoms with van der Waals surface area (Å²) in [6.07, 6.45) is 7.31. The monoisotopic (exact) mass is 265 g/mol. The molecule has 0 saturated carbocycles. The summed E-state index contributed by atoms with van der Waals surface area (Å²) in [4.78, 5) is 8.60. The molecule has 1 N–H and O–H groups in total. The lowest BCUT2D eigenvalue weighted by atomic mass is 10.2. The van der Waals surface area contributed by atoms with E-state index in [-0.39, 0.29) is 18.9 Å². The number of rotatable bonds is 3. The van der Waals surface area contributed by atoms with Crippen molar-refractivity contribution in [1.82, 2.24) is 14.5 Å². The minimum absolute atomic E-state index is 0.0238. The molecule has 6 heteroatoms. The SMILES string of the molecule is CSc1ncnc2c1ccn2[C@H]1CC[C@@H](CO)O1. The van der Waals surface area contributed by atoms with E-state index < -0.39 is 0 Å². The van der Waals surface area contributed by atoms with Crippen LogP contribution in [-0.4, -0.2) is 38.6 Å². The maximum atomic E-state index is 9.11. The van der Waals surface area contributed by atoms with Gasteiger partial charge in [-0.15, -0.1) is 11.8 Å². The fraction of sp³-hybridized carbons (Fsp3) is 0.500. The second-order valence-electron chi connectivity index (χ2n) is 4.32. The molecule has 0 bridgehead atoms. The molecule has 2 atom stereocenters. The normalized spacial score (nSPS) is 23.9. The van der Waals surface area contributed by atoms with Crippen LogP contribution >= 0.6 is 11.8 Å². The summed E-state index contributed by atoms with van der Waals surface area (Å²) in [7, 11) is 0. The van der Waals surface area contributed by atoms with Crippen LogP contribution in [0.3, 0.4) is 0 Å². The van der Waals surface area contributed by atoms with Crippen LogP contribution in [0, 0.1) is 0 Å². The van der Waals surface area contributed by atoms with E-state index in [4.69, 9.17) is 9.84 Å². The zero-order valence-corrected chi connectivity index (χ0v) is 10.9. The van der Waals surface area contributed by atoms with Gasteiger partial charge in [0.15, 0.2) is 0 Å². The van der Waals surface area contributed by atoms with Crippen LogP contribution in [0.4, 0.5) is 0 Å². The van der Waals surface area contributed by atoms with Gasteiger partial charge in [-0.25, -0.2) is 9.97 Å². The molecule has 0 aliphatic carbocycles. The van der Waals surface area contributed by atoms with Gasteiger partial charge in [0.25, 0.3) is 0 Å². The Morgan fingerprint density at radius 2 is 2.39 bits per heavy atom. The van der Waals surface area contributed by atoms with Gasteiger partial charge in [0.1, 0.15) is 23.2 Å². The molecule has 5 nitrogen and oxygen atoms in total. The summed E-state index contributed by atoms with van der Waals surface area (Å²) in [6.45, 7) is 0.0841. The standard InChI is InChI=1S/C12H15N3O2S/c1-18-12-9-4-5-15(11(9)13-7-14-12)10-3-2-8(6-16)17-10/h4-5,7-8,10,16H,2-3,6H2,1H3/t8-,10+/m0/s1. The van der Waals surface area contributed by atoms with E-state index in [1.807, 2.05) is 23.1 Å². The van der Waals surface area contributed by atoms with Crippen LogP contribution in [0.5, 0.6) is 0 Å². The second-order valence-corrected chi connectivity index (χ2v) is 5.11. The van der Waals surface area contributed by atoms with Crippen LogP contribution in [0.25, 0.3) is 11.0 Å². The van der Waals surface area contributed by atoms with Crippen molar-refractivity contribution in [3.8, 4) is 0 Å². The Hall–Kier alpha value is -1.11. The molecule has 0 unspecified atom stereocenters. The van der Waals surface area contributed by atoms with Crippen molar-refractivity contribution in [2.75, 3.05) is 12.9 Å². The van der Waals surface area contributed by atoms with Gasteiger partial charge >= 0.3 is 0 Å². The molecule has 1 aliphatic heterocycles. The predicted octanol–water partition coefficient (Wildman–Crippen LogP) is 1.82. The van der Waals surface area contributed by atoms with Crippen molar-refractivity contribution in [3.05, 3.63) is 18.6 Å². The zero-order chi connectivity index (χ0) is 12.5. The third kappa shape index (κ3) is 1.90. The first kappa shape index (κ1) is 12.0. The minimum atomic E-state index is -0.0469. The number of thioether (sulfide) groups is 1. The summed E-state index contributed by atoms with van der Waals surface area (Å²) in [5, 5.41) is 11.2. The van der Waals surface area contributed by atoms with E-state index in [2.05, 4.69) is 9.97 Å². The molecule has 96 valence electrons. The van der Waals surface area contributed by atoms with Crippen molar-refractivity contribution in [2.45, 2.75) is 30.2 Å². The van der Waals surface area contributed by atoms with Gasteiger partial charge in [0.2, 0.25) is 0 Å². The molecule has 3 heterocycles. The number of aliphatic hydroxyl groups excluding tert-OH is 1. The van der Waals surface area contributed by atoms with Crippen LogP contribution < -0.4 is 0 Å². The lowest BCUT2D eigenvalue weighted by molar-refractivity contribution is -0.0204. The summed E-state index contributed by atoms with van der Waals surface area (Å²) >= 11 is 1.61. The molecule has 2 aromatic heterocycles. The first-order chi connectivity index (χ1) is 8.83. The number of fused-ring (bicyclic) bond motifs is 1. The van der Waals surface area contributed by atoms with Crippen LogP contribution in [0.15, 0.2) is 23.6 Å². The van der Waals surface area contributed by atoms with Gasteiger partial charge in [0, 0.05) is 6.20 Å². The number of hydrogen-bond donors (Lipinski definition) is 1. The Kier molecular flexibility index (Phi) is 3.23. The van der Waals surface area contributed by atoms with E-state index >= 15 is 0 Å². The van der Waals surface area contributed by atoms with Crippen LogP contribution in [-0.2, 0) is 4.74 Å². The second kappa shape index (κ2) is 4.87. The van der Waals surface area contributed by atoms with Crippen LogP contribution in [0.2, 0.25) is 0 Å².